The molecule has 0 saturated heterocycles. The Kier molecular flexibility index (Phi) is 6.81. The molecule has 0 atom stereocenters. The van der Waals surface area contributed by atoms with Gasteiger partial charge in [0.1, 0.15) is 0 Å². The highest BCUT2D eigenvalue weighted by atomic mass is 32.2. The van der Waals surface area contributed by atoms with Gasteiger partial charge in [-0.1, -0.05) is 24.3 Å². The Morgan fingerprint density at radius 2 is 1.91 bits per heavy atom. The van der Waals surface area contributed by atoms with Crippen LogP contribution in [-0.2, 0) is 22.6 Å². The van der Waals surface area contributed by atoms with Gasteiger partial charge < -0.3 is 5.32 Å². The molecule has 0 aliphatic heterocycles. The number of Topliss-reactive ketones (excluding diaryl/α,β-unsaturated/α-hetero) is 1. The smallest absolute Gasteiger partial charge is 0.287 e. The van der Waals surface area contributed by atoms with Crippen LogP contribution in [0.5, 0.6) is 0 Å². The minimum Gasteiger partial charge on any atom is -0.345 e. The van der Waals surface area contributed by atoms with Gasteiger partial charge in [0.2, 0.25) is 5.78 Å². The summed E-state index contributed by atoms with van der Waals surface area (Å²) in [6.07, 6.45) is 5.29. The number of amides is 1. The Morgan fingerprint density at radius 1 is 1.13 bits per heavy atom. The zero-order valence-corrected chi connectivity index (χ0v) is 13.9. The largest absolute Gasteiger partial charge is 0.345 e. The van der Waals surface area contributed by atoms with Crippen molar-refractivity contribution in [2.45, 2.75) is 30.7 Å². The summed E-state index contributed by atoms with van der Waals surface area (Å²) < 4.78 is 0. The molecule has 5 heteroatoms. The summed E-state index contributed by atoms with van der Waals surface area (Å²) in [6, 6.07) is 13.5. The quantitative estimate of drug-likeness (QED) is 0.598. The number of hydrogen-bond donors (Lipinski definition) is 1. The number of pyridine rings is 1. The molecule has 0 fully saturated rings. The van der Waals surface area contributed by atoms with Crippen LogP contribution in [0.2, 0.25) is 0 Å². The topological polar surface area (TPSA) is 59.1 Å². The molecule has 1 N–H and O–H groups in total. The molecule has 1 aromatic carbocycles. The molecule has 0 aliphatic rings. The van der Waals surface area contributed by atoms with Crippen molar-refractivity contribution < 1.29 is 9.59 Å². The maximum absolute atomic E-state index is 11.9. The van der Waals surface area contributed by atoms with E-state index in [-0.39, 0.29) is 12.2 Å². The van der Waals surface area contributed by atoms with Gasteiger partial charge >= 0.3 is 0 Å². The number of carbonyl (C=O) groups excluding carboxylic acids is 2. The highest BCUT2D eigenvalue weighted by Crippen LogP contribution is 2.19. The van der Waals surface area contributed by atoms with E-state index in [4.69, 9.17) is 0 Å². The maximum Gasteiger partial charge on any atom is 0.287 e. The summed E-state index contributed by atoms with van der Waals surface area (Å²) in [4.78, 5) is 29.1. The second-order valence-electron chi connectivity index (χ2n) is 5.09. The SMILES string of the molecule is CSc1ccccc1CNC(=O)C(=O)CCCc1ccccn1. The molecule has 1 heterocycles. The number of ketones is 1. The Balaban J connectivity index is 1.75. The number of carbonyl (C=O) groups is 2. The first kappa shape index (κ1) is 17.2. The average molecular weight is 328 g/mol. The fourth-order valence-corrected chi connectivity index (χ4v) is 2.83. The summed E-state index contributed by atoms with van der Waals surface area (Å²) in [5.41, 5.74) is 1.96. The summed E-state index contributed by atoms with van der Waals surface area (Å²) in [5.74, 6) is -0.885. The zero-order valence-electron chi connectivity index (χ0n) is 13.1. The van der Waals surface area contributed by atoms with Crippen LogP contribution in [0.25, 0.3) is 0 Å². The van der Waals surface area contributed by atoms with Crippen LogP contribution in [0.3, 0.4) is 0 Å². The van der Waals surface area contributed by atoms with E-state index in [9.17, 15) is 9.59 Å². The van der Waals surface area contributed by atoms with E-state index < -0.39 is 5.91 Å². The third-order valence-electron chi connectivity index (χ3n) is 3.45. The first-order chi connectivity index (χ1) is 11.2. The predicted octanol–water partition coefficient (Wildman–Crippen LogP) is 3.01. The van der Waals surface area contributed by atoms with Crippen LogP contribution >= 0.6 is 11.8 Å². The standard InChI is InChI=1S/C18H20N2O2S/c1-23-17-11-3-2-7-14(17)13-20-18(22)16(21)10-6-9-15-8-4-5-12-19-15/h2-5,7-8,11-12H,6,9-10,13H2,1H3,(H,20,22). The van der Waals surface area contributed by atoms with E-state index in [0.29, 0.717) is 19.4 Å². The van der Waals surface area contributed by atoms with Crippen molar-refractivity contribution in [2.75, 3.05) is 6.26 Å². The van der Waals surface area contributed by atoms with Crippen LogP contribution < -0.4 is 5.32 Å². The number of hydrogen-bond acceptors (Lipinski definition) is 4. The Hall–Kier alpha value is -2.14. The molecule has 0 aliphatic carbocycles. The van der Waals surface area contributed by atoms with Crippen molar-refractivity contribution >= 4 is 23.5 Å². The Morgan fingerprint density at radius 3 is 2.65 bits per heavy atom. The highest BCUT2D eigenvalue weighted by molar-refractivity contribution is 7.98. The van der Waals surface area contributed by atoms with Gasteiger partial charge in [-0.2, -0.15) is 0 Å². The monoisotopic (exact) mass is 328 g/mol. The summed E-state index contributed by atoms with van der Waals surface area (Å²) >= 11 is 1.62. The molecule has 23 heavy (non-hydrogen) atoms. The van der Waals surface area contributed by atoms with Crippen molar-refractivity contribution in [3.8, 4) is 0 Å². The first-order valence-electron chi connectivity index (χ1n) is 7.53. The molecule has 2 rings (SSSR count). The summed E-state index contributed by atoms with van der Waals surface area (Å²) in [7, 11) is 0. The van der Waals surface area contributed by atoms with Gasteiger partial charge in [0.15, 0.2) is 0 Å². The van der Waals surface area contributed by atoms with E-state index in [1.165, 1.54) is 0 Å². The second kappa shape index (κ2) is 9.10. The van der Waals surface area contributed by atoms with Crippen molar-refractivity contribution in [1.82, 2.24) is 10.3 Å². The Labute approximate surface area is 140 Å². The third-order valence-corrected chi connectivity index (χ3v) is 4.29. The molecule has 0 radical (unpaired) electrons. The van der Waals surface area contributed by atoms with Gasteiger partial charge in [-0.25, -0.2) is 0 Å². The molecule has 1 aromatic heterocycles. The number of aromatic nitrogens is 1. The lowest BCUT2D eigenvalue weighted by Crippen LogP contribution is -2.30. The van der Waals surface area contributed by atoms with E-state index in [1.807, 2.05) is 48.7 Å². The van der Waals surface area contributed by atoms with Gasteiger partial charge in [0.25, 0.3) is 5.91 Å². The average Bonchev–Trinajstić information content (AvgIpc) is 2.60. The number of nitrogens with zero attached hydrogens (tertiary/aromatic N) is 1. The molecule has 0 saturated carbocycles. The summed E-state index contributed by atoms with van der Waals surface area (Å²) in [5, 5.41) is 2.70. The number of aryl methyl sites for hydroxylation is 1. The molecule has 120 valence electrons. The number of rotatable bonds is 8. The van der Waals surface area contributed by atoms with Gasteiger partial charge in [-0.05, 0) is 42.9 Å². The number of nitrogens with one attached hydrogen (secondary N) is 1. The van der Waals surface area contributed by atoms with E-state index in [1.54, 1.807) is 18.0 Å². The third kappa shape index (κ3) is 5.53. The van der Waals surface area contributed by atoms with E-state index >= 15 is 0 Å². The number of thioether (sulfide) groups is 1. The molecule has 2 aromatic rings. The van der Waals surface area contributed by atoms with Crippen LogP contribution in [0.4, 0.5) is 0 Å². The fourth-order valence-electron chi connectivity index (χ4n) is 2.21. The molecule has 0 bridgehead atoms. The normalized spacial score (nSPS) is 10.3. The van der Waals surface area contributed by atoms with Gasteiger partial charge in [-0.3, -0.25) is 14.6 Å². The minimum absolute atomic E-state index is 0.243. The zero-order chi connectivity index (χ0) is 16.5. The first-order valence-corrected chi connectivity index (χ1v) is 8.76. The highest BCUT2D eigenvalue weighted by Gasteiger charge is 2.13. The lowest BCUT2D eigenvalue weighted by molar-refractivity contribution is -0.138. The van der Waals surface area contributed by atoms with Crippen LogP contribution in [0.15, 0.2) is 53.6 Å². The molecule has 1 amide bonds. The van der Waals surface area contributed by atoms with Crippen molar-refractivity contribution in [2.24, 2.45) is 0 Å². The van der Waals surface area contributed by atoms with E-state index in [0.717, 1.165) is 16.2 Å². The minimum atomic E-state index is -0.512. The molecule has 0 unspecified atom stereocenters. The molecular weight excluding hydrogens is 308 g/mol. The fraction of sp³-hybridized carbons (Fsp3) is 0.278. The Bertz CT molecular complexity index is 659. The molecule has 4 nitrogen and oxygen atoms in total. The second-order valence-corrected chi connectivity index (χ2v) is 5.94. The maximum atomic E-state index is 11.9. The van der Waals surface area contributed by atoms with Gasteiger partial charge in [-0.15, -0.1) is 11.8 Å². The van der Waals surface area contributed by atoms with E-state index in [2.05, 4.69) is 10.3 Å². The van der Waals surface area contributed by atoms with Crippen molar-refractivity contribution in [3.05, 3.63) is 59.9 Å². The van der Waals surface area contributed by atoms with Gasteiger partial charge in [0.05, 0.1) is 0 Å². The number of benzene rings is 1. The predicted molar refractivity (Wildman–Crippen MR) is 92.3 cm³/mol. The van der Waals surface area contributed by atoms with Crippen molar-refractivity contribution in [3.63, 3.8) is 0 Å². The molecule has 0 spiro atoms. The lowest BCUT2D eigenvalue weighted by Gasteiger charge is -2.08. The van der Waals surface area contributed by atoms with Gasteiger partial charge in [0, 0.05) is 29.8 Å². The van der Waals surface area contributed by atoms with Crippen LogP contribution in [-0.4, -0.2) is 22.9 Å². The molecular formula is C18H20N2O2S. The van der Waals surface area contributed by atoms with Crippen molar-refractivity contribution in [1.29, 1.82) is 0 Å². The lowest BCUT2D eigenvalue weighted by atomic mass is 10.1. The van der Waals surface area contributed by atoms with Crippen LogP contribution in [0, 0.1) is 0 Å². The summed E-state index contributed by atoms with van der Waals surface area (Å²) in [6.45, 7) is 0.377. The van der Waals surface area contributed by atoms with Crippen LogP contribution in [0.1, 0.15) is 24.1 Å².